The van der Waals surface area contributed by atoms with Crippen molar-refractivity contribution >= 4 is 5.91 Å². The van der Waals surface area contributed by atoms with Crippen LogP contribution in [-0.4, -0.2) is 10.5 Å². The highest BCUT2D eigenvalue weighted by Crippen LogP contribution is 2.23. The maximum Gasteiger partial charge on any atom is 0.270 e. The second-order valence-corrected chi connectivity index (χ2v) is 4.97. The smallest absolute Gasteiger partial charge is 0.270 e. The summed E-state index contributed by atoms with van der Waals surface area (Å²) in [7, 11) is 0. The first-order valence-corrected chi connectivity index (χ1v) is 6.82. The minimum absolute atomic E-state index is 0.0489. The average molecular weight is 285 g/mol. The molecular weight excluding hydrogens is 266 g/mol. The quantitative estimate of drug-likeness (QED) is 0.512. The molecule has 0 saturated heterocycles. The molecule has 1 aromatic heterocycles. The molecule has 5 heteroatoms. The number of pyridine rings is 1. The number of aryl methyl sites for hydroxylation is 2. The van der Waals surface area contributed by atoms with Crippen LogP contribution in [0.25, 0.3) is 11.3 Å². The molecule has 0 radical (unpaired) electrons. The number of hydrazine groups is 1. The topological polar surface area (TPSA) is 77.1 Å². The summed E-state index contributed by atoms with van der Waals surface area (Å²) in [4.78, 5) is 24.0. The Morgan fingerprint density at radius 3 is 2.52 bits per heavy atom. The monoisotopic (exact) mass is 285 g/mol. The fourth-order valence-corrected chi connectivity index (χ4v) is 2.48. The van der Waals surface area contributed by atoms with Gasteiger partial charge in [-0.2, -0.15) is 0 Å². The SMILES string of the molecule is CCn1c(-c2ccc(C)cc2C)ccc(C(=O)NN)c1=O. The molecule has 0 bridgehead atoms. The van der Waals surface area contributed by atoms with Gasteiger partial charge in [0.05, 0.1) is 5.69 Å². The third-order valence-corrected chi connectivity index (χ3v) is 3.52. The Balaban J connectivity index is 2.68. The van der Waals surface area contributed by atoms with Gasteiger partial charge in [-0.25, -0.2) is 5.84 Å². The number of amides is 1. The number of hydrogen-bond donors (Lipinski definition) is 2. The molecule has 0 aliphatic carbocycles. The van der Waals surface area contributed by atoms with Crippen LogP contribution in [0, 0.1) is 13.8 Å². The first-order valence-electron chi connectivity index (χ1n) is 6.82. The number of nitrogens with two attached hydrogens (primary N) is 1. The van der Waals surface area contributed by atoms with Crippen LogP contribution < -0.4 is 16.8 Å². The van der Waals surface area contributed by atoms with Gasteiger partial charge in [0.15, 0.2) is 0 Å². The van der Waals surface area contributed by atoms with E-state index in [1.165, 1.54) is 11.6 Å². The summed E-state index contributed by atoms with van der Waals surface area (Å²) in [5.74, 6) is 4.53. The molecule has 3 N–H and O–H groups in total. The Morgan fingerprint density at radius 2 is 1.95 bits per heavy atom. The number of rotatable bonds is 3. The molecule has 0 atom stereocenters. The number of nitrogens with zero attached hydrogens (tertiary/aromatic N) is 1. The predicted molar refractivity (Wildman–Crippen MR) is 82.9 cm³/mol. The van der Waals surface area contributed by atoms with E-state index in [0.717, 1.165) is 16.8 Å². The highest BCUT2D eigenvalue weighted by atomic mass is 16.2. The van der Waals surface area contributed by atoms with Crippen molar-refractivity contribution in [2.75, 3.05) is 0 Å². The lowest BCUT2D eigenvalue weighted by Crippen LogP contribution is -2.36. The number of nitrogen functional groups attached to an aromatic ring is 1. The molecule has 1 amide bonds. The van der Waals surface area contributed by atoms with E-state index >= 15 is 0 Å². The zero-order valence-electron chi connectivity index (χ0n) is 12.4. The molecular formula is C16H19N3O2. The number of aromatic nitrogens is 1. The second-order valence-electron chi connectivity index (χ2n) is 4.97. The van der Waals surface area contributed by atoms with Gasteiger partial charge in [-0.15, -0.1) is 0 Å². The Kier molecular flexibility index (Phi) is 4.23. The maximum absolute atomic E-state index is 12.4. The van der Waals surface area contributed by atoms with Crippen LogP contribution in [0.1, 0.15) is 28.4 Å². The van der Waals surface area contributed by atoms with E-state index in [-0.39, 0.29) is 11.1 Å². The van der Waals surface area contributed by atoms with Crippen molar-refractivity contribution in [3.05, 3.63) is 57.4 Å². The lowest BCUT2D eigenvalue weighted by Gasteiger charge is -2.15. The fourth-order valence-electron chi connectivity index (χ4n) is 2.48. The largest absolute Gasteiger partial charge is 0.308 e. The Labute approximate surface area is 123 Å². The molecule has 0 aliphatic heterocycles. The highest BCUT2D eigenvalue weighted by Gasteiger charge is 2.15. The van der Waals surface area contributed by atoms with Crippen molar-refractivity contribution in [2.45, 2.75) is 27.3 Å². The standard InChI is InChI=1S/C16H19N3O2/c1-4-19-14(12-6-5-10(2)9-11(12)3)8-7-13(16(19)21)15(20)18-17/h5-9H,4,17H2,1-3H3,(H,18,20). The zero-order valence-corrected chi connectivity index (χ0v) is 12.4. The van der Waals surface area contributed by atoms with Gasteiger partial charge in [0.2, 0.25) is 0 Å². The van der Waals surface area contributed by atoms with Gasteiger partial charge in [0.1, 0.15) is 5.56 Å². The van der Waals surface area contributed by atoms with Crippen LogP contribution in [0.4, 0.5) is 0 Å². The summed E-state index contributed by atoms with van der Waals surface area (Å²) in [5.41, 5.74) is 5.76. The summed E-state index contributed by atoms with van der Waals surface area (Å²) in [6, 6.07) is 9.38. The van der Waals surface area contributed by atoms with Crippen molar-refractivity contribution in [1.29, 1.82) is 0 Å². The molecule has 0 spiro atoms. The third-order valence-electron chi connectivity index (χ3n) is 3.52. The van der Waals surface area contributed by atoms with Gasteiger partial charge in [-0.3, -0.25) is 15.0 Å². The molecule has 1 aromatic carbocycles. The molecule has 110 valence electrons. The van der Waals surface area contributed by atoms with Crippen LogP contribution in [0.3, 0.4) is 0 Å². The van der Waals surface area contributed by atoms with Gasteiger partial charge in [-0.1, -0.05) is 23.8 Å². The minimum Gasteiger partial charge on any atom is -0.308 e. The van der Waals surface area contributed by atoms with E-state index in [1.54, 1.807) is 10.6 Å². The summed E-state index contributed by atoms with van der Waals surface area (Å²) >= 11 is 0. The summed E-state index contributed by atoms with van der Waals surface area (Å²) < 4.78 is 1.59. The zero-order chi connectivity index (χ0) is 15.6. The Hall–Kier alpha value is -2.40. The number of nitrogens with one attached hydrogen (secondary N) is 1. The molecule has 0 aliphatic rings. The second kappa shape index (κ2) is 5.93. The van der Waals surface area contributed by atoms with Crippen molar-refractivity contribution in [1.82, 2.24) is 9.99 Å². The van der Waals surface area contributed by atoms with Crippen LogP contribution >= 0.6 is 0 Å². The number of hydrogen-bond acceptors (Lipinski definition) is 3. The van der Waals surface area contributed by atoms with Crippen LogP contribution in [0.15, 0.2) is 35.1 Å². The van der Waals surface area contributed by atoms with Crippen molar-refractivity contribution in [2.24, 2.45) is 5.84 Å². The van der Waals surface area contributed by atoms with Crippen LogP contribution in [0.5, 0.6) is 0 Å². The molecule has 0 fully saturated rings. The van der Waals surface area contributed by atoms with Crippen molar-refractivity contribution < 1.29 is 4.79 Å². The van der Waals surface area contributed by atoms with E-state index in [2.05, 4.69) is 6.07 Å². The molecule has 2 aromatic rings. The highest BCUT2D eigenvalue weighted by molar-refractivity contribution is 5.93. The van der Waals surface area contributed by atoms with E-state index in [9.17, 15) is 9.59 Å². The Morgan fingerprint density at radius 1 is 1.24 bits per heavy atom. The molecule has 0 unspecified atom stereocenters. The van der Waals surface area contributed by atoms with Gasteiger partial charge in [0, 0.05) is 12.1 Å². The summed E-state index contributed by atoms with van der Waals surface area (Å²) in [5, 5.41) is 0. The van der Waals surface area contributed by atoms with Crippen molar-refractivity contribution in [3.8, 4) is 11.3 Å². The van der Waals surface area contributed by atoms with E-state index < -0.39 is 5.91 Å². The van der Waals surface area contributed by atoms with Gasteiger partial charge in [-0.05, 0) is 38.5 Å². The third kappa shape index (κ3) is 2.73. The summed E-state index contributed by atoms with van der Waals surface area (Å²) in [6.07, 6.45) is 0. The first-order chi connectivity index (χ1) is 9.99. The first kappa shape index (κ1) is 15.0. The molecule has 5 nitrogen and oxygen atoms in total. The van der Waals surface area contributed by atoms with Gasteiger partial charge >= 0.3 is 0 Å². The molecule has 21 heavy (non-hydrogen) atoms. The van der Waals surface area contributed by atoms with E-state index in [4.69, 9.17) is 5.84 Å². The number of carbonyl (C=O) groups is 1. The summed E-state index contributed by atoms with van der Waals surface area (Å²) in [6.45, 7) is 6.39. The van der Waals surface area contributed by atoms with Gasteiger partial charge in [0.25, 0.3) is 11.5 Å². The Bertz CT molecular complexity index is 748. The molecule has 0 saturated carbocycles. The van der Waals surface area contributed by atoms with E-state index in [1.807, 2.05) is 38.3 Å². The fraction of sp³-hybridized carbons (Fsp3) is 0.250. The molecule has 1 heterocycles. The lowest BCUT2D eigenvalue weighted by molar-refractivity contribution is 0.0951. The van der Waals surface area contributed by atoms with Gasteiger partial charge < -0.3 is 4.57 Å². The lowest BCUT2D eigenvalue weighted by atomic mass is 10.0. The average Bonchev–Trinajstić information content (AvgIpc) is 2.46. The van der Waals surface area contributed by atoms with Crippen LogP contribution in [-0.2, 0) is 6.54 Å². The maximum atomic E-state index is 12.4. The van der Waals surface area contributed by atoms with Crippen molar-refractivity contribution in [3.63, 3.8) is 0 Å². The molecule has 2 rings (SSSR count). The number of benzene rings is 1. The minimum atomic E-state index is -0.575. The normalized spacial score (nSPS) is 10.5. The van der Waals surface area contributed by atoms with E-state index in [0.29, 0.717) is 6.54 Å². The predicted octanol–water partition coefficient (Wildman–Crippen LogP) is 1.76. The number of carbonyl (C=O) groups excluding carboxylic acids is 1. The van der Waals surface area contributed by atoms with Crippen LogP contribution in [0.2, 0.25) is 0 Å².